The fraction of sp³-hybridized carbons (Fsp3) is 0.435. The number of rotatable bonds is 5. The van der Waals surface area contributed by atoms with Crippen LogP contribution >= 0.6 is 0 Å². The molecular weight excluding hydrogens is 384 g/mol. The van der Waals surface area contributed by atoms with Crippen LogP contribution in [0.2, 0.25) is 0 Å². The van der Waals surface area contributed by atoms with Crippen LogP contribution in [0.25, 0.3) is 11.3 Å². The fourth-order valence-corrected chi connectivity index (χ4v) is 3.99. The van der Waals surface area contributed by atoms with Gasteiger partial charge in [-0.1, -0.05) is 27.7 Å². The van der Waals surface area contributed by atoms with Gasteiger partial charge in [0.25, 0.3) is 0 Å². The molecule has 0 amide bonds. The zero-order chi connectivity index (χ0) is 21.5. The summed E-state index contributed by atoms with van der Waals surface area (Å²) in [5, 5.41) is 10.8. The predicted molar refractivity (Wildman–Crippen MR) is 113 cm³/mol. The highest BCUT2D eigenvalue weighted by Gasteiger charge is 2.29. The second-order valence-corrected chi connectivity index (χ2v) is 9.53. The molecule has 0 saturated heterocycles. The summed E-state index contributed by atoms with van der Waals surface area (Å²) in [6.45, 7) is 8.96. The highest BCUT2D eigenvalue weighted by Crippen LogP contribution is 2.38. The van der Waals surface area contributed by atoms with Crippen molar-refractivity contribution in [1.82, 2.24) is 20.2 Å². The van der Waals surface area contributed by atoms with E-state index < -0.39 is 5.95 Å². The van der Waals surface area contributed by atoms with Crippen LogP contribution < -0.4 is 5.32 Å². The van der Waals surface area contributed by atoms with Crippen LogP contribution in [0, 0.1) is 17.2 Å². The maximum atomic E-state index is 14.3. The molecule has 0 aliphatic heterocycles. The Bertz CT molecular complexity index is 1050. The first-order valence-electron chi connectivity index (χ1n) is 10.2. The number of pyridine rings is 2. The van der Waals surface area contributed by atoms with Crippen molar-refractivity contribution in [2.75, 3.05) is 11.9 Å². The molecule has 30 heavy (non-hydrogen) atoms. The van der Waals surface area contributed by atoms with Crippen molar-refractivity contribution in [3.05, 3.63) is 59.2 Å². The zero-order valence-corrected chi connectivity index (χ0v) is 17.8. The Morgan fingerprint density at radius 2 is 2.00 bits per heavy atom. The SMILES string of the molecule is CC1(C)CCc2c(-c3cc(F)nc(NCC(C)(C)c4ccc(F)cn4)c3)n[nH]c2C1. The Kier molecular flexibility index (Phi) is 5.08. The lowest BCUT2D eigenvalue weighted by atomic mass is 9.76. The molecule has 0 radical (unpaired) electrons. The minimum absolute atomic E-state index is 0.243. The van der Waals surface area contributed by atoms with Crippen molar-refractivity contribution in [1.29, 1.82) is 0 Å². The molecule has 0 saturated carbocycles. The molecule has 0 spiro atoms. The van der Waals surface area contributed by atoms with Crippen molar-refractivity contribution in [3.8, 4) is 11.3 Å². The number of anilines is 1. The molecule has 158 valence electrons. The number of halogens is 2. The van der Waals surface area contributed by atoms with Gasteiger partial charge in [0, 0.05) is 40.5 Å². The van der Waals surface area contributed by atoms with Crippen LogP contribution in [-0.4, -0.2) is 26.7 Å². The number of fused-ring (bicyclic) bond motifs is 1. The van der Waals surface area contributed by atoms with Gasteiger partial charge >= 0.3 is 0 Å². The third kappa shape index (κ3) is 4.20. The smallest absolute Gasteiger partial charge is 0.215 e. The Morgan fingerprint density at radius 1 is 1.20 bits per heavy atom. The van der Waals surface area contributed by atoms with Gasteiger partial charge in [-0.2, -0.15) is 9.49 Å². The van der Waals surface area contributed by atoms with E-state index in [2.05, 4.69) is 39.3 Å². The van der Waals surface area contributed by atoms with Gasteiger partial charge in [-0.25, -0.2) is 9.37 Å². The third-order valence-electron chi connectivity index (χ3n) is 5.86. The van der Waals surface area contributed by atoms with E-state index in [1.165, 1.54) is 23.9 Å². The van der Waals surface area contributed by atoms with Gasteiger partial charge < -0.3 is 5.32 Å². The highest BCUT2D eigenvalue weighted by molar-refractivity contribution is 5.67. The van der Waals surface area contributed by atoms with Gasteiger partial charge in [-0.3, -0.25) is 10.1 Å². The number of aromatic amines is 1. The minimum Gasteiger partial charge on any atom is -0.369 e. The zero-order valence-electron chi connectivity index (χ0n) is 17.8. The molecule has 3 aromatic rings. The monoisotopic (exact) mass is 411 g/mol. The number of hydrogen-bond donors (Lipinski definition) is 2. The summed E-state index contributed by atoms with van der Waals surface area (Å²) in [7, 11) is 0. The summed E-state index contributed by atoms with van der Waals surface area (Å²) in [4.78, 5) is 8.17. The van der Waals surface area contributed by atoms with E-state index in [-0.39, 0.29) is 16.6 Å². The molecule has 2 N–H and O–H groups in total. The molecule has 7 heteroatoms. The number of aromatic nitrogens is 4. The molecule has 0 bridgehead atoms. The molecule has 0 fully saturated rings. The molecular formula is C23H27F2N5. The molecule has 3 aromatic heterocycles. The van der Waals surface area contributed by atoms with Gasteiger partial charge in [-0.05, 0) is 42.9 Å². The van der Waals surface area contributed by atoms with E-state index >= 15 is 0 Å². The van der Waals surface area contributed by atoms with Crippen molar-refractivity contribution < 1.29 is 8.78 Å². The van der Waals surface area contributed by atoms with Crippen LogP contribution in [0.4, 0.5) is 14.6 Å². The molecule has 0 aromatic carbocycles. The van der Waals surface area contributed by atoms with Gasteiger partial charge in [-0.15, -0.1) is 0 Å². The maximum Gasteiger partial charge on any atom is 0.215 e. The summed E-state index contributed by atoms with van der Waals surface area (Å²) in [6, 6.07) is 6.31. The van der Waals surface area contributed by atoms with E-state index in [4.69, 9.17) is 0 Å². The van der Waals surface area contributed by atoms with Crippen molar-refractivity contribution in [3.63, 3.8) is 0 Å². The van der Waals surface area contributed by atoms with Crippen LogP contribution in [0.1, 0.15) is 51.1 Å². The number of nitrogens with one attached hydrogen (secondary N) is 2. The van der Waals surface area contributed by atoms with Gasteiger partial charge in [0.2, 0.25) is 5.95 Å². The quantitative estimate of drug-likeness (QED) is 0.577. The van der Waals surface area contributed by atoms with Crippen molar-refractivity contribution in [2.24, 2.45) is 5.41 Å². The first-order chi connectivity index (χ1) is 14.1. The largest absolute Gasteiger partial charge is 0.369 e. The topological polar surface area (TPSA) is 66.5 Å². The van der Waals surface area contributed by atoms with E-state index in [0.29, 0.717) is 17.9 Å². The maximum absolute atomic E-state index is 14.3. The molecule has 0 unspecified atom stereocenters. The van der Waals surface area contributed by atoms with Crippen LogP contribution in [0.3, 0.4) is 0 Å². The van der Waals surface area contributed by atoms with Gasteiger partial charge in [0.1, 0.15) is 11.6 Å². The van der Waals surface area contributed by atoms with Crippen LogP contribution in [-0.2, 0) is 18.3 Å². The highest BCUT2D eigenvalue weighted by atomic mass is 19.1. The van der Waals surface area contributed by atoms with E-state index in [1.54, 1.807) is 6.07 Å². The van der Waals surface area contributed by atoms with Crippen molar-refractivity contribution in [2.45, 2.75) is 52.4 Å². The molecule has 3 heterocycles. The Hall–Kier alpha value is -2.83. The average Bonchev–Trinajstić information content (AvgIpc) is 3.08. The minimum atomic E-state index is -0.555. The van der Waals surface area contributed by atoms with Crippen molar-refractivity contribution >= 4 is 5.82 Å². The average molecular weight is 412 g/mol. The molecule has 4 rings (SSSR count). The second kappa shape index (κ2) is 7.45. The Labute approximate surface area is 175 Å². The first kappa shape index (κ1) is 20.4. The van der Waals surface area contributed by atoms with E-state index in [1.807, 2.05) is 19.9 Å². The number of H-pyrrole nitrogens is 1. The summed E-state index contributed by atoms with van der Waals surface area (Å²) < 4.78 is 27.5. The summed E-state index contributed by atoms with van der Waals surface area (Å²) in [6.07, 6.45) is 4.14. The molecule has 1 aliphatic carbocycles. The number of nitrogens with zero attached hydrogens (tertiary/aromatic N) is 3. The molecule has 1 aliphatic rings. The molecule has 5 nitrogen and oxygen atoms in total. The summed E-state index contributed by atoms with van der Waals surface area (Å²) in [5.41, 5.74) is 4.41. The van der Waals surface area contributed by atoms with Crippen LogP contribution in [0.15, 0.2) is 30.5 Å². The summed E-state index contributed by atoms with van der Waals surface area (Å²) in [5.74, 6) is -0.488. The van der Waals surface area contributed by atoms with E-state index in [0.717, 1.165) is 36.3 Å². The standard InChI is InChI=1S/C23H27F2N5/c1-22(2)8-7-16-17(11-22)29-30-21(16)14-9-19(25)28-20(10-14)27-13-23(3,4)18-6-5-15(24)12-26-18/h5-6,9-10,12H,7-8,11,13H2,1-4H3,(H,27,28)(H,29,30). The van der Waals surface area contributed by atoms with Crippen LogP contribution in [0.5, 0.6) is 0 Å². The van der Waals surface area contributed by atoms with Gasteiger partial charge in [0.15, 0.2) is 0 Å². The normalized spacial score (nSPS) is 15.7. The van der Waals surface area contributed by atoms with E-state index in [9.17, 15) is 8.78 Å². The predicted octanol–water partition coefficient (Wildman–Crippen LogP) is 5.05. The Morgan fingerprint density at radius 3 is 2.73 bits per heavy atom. The van der Waals surface area contributed by atoms with Gasteiger partial charge in [0.05, 0.1) is 11.9 Å². The fourth-order valence-electron chi connectivity index (χ4n) is 3.99. The second-order valence-electron chi connectivity index (χ2n) is 9.53. The Balaban J connectivity index is 1.56. The lowest BCUT2D eigenvalue weighted by Crippen LogP contribution is -2.29. The summed E-state index contributed by atoms with van der Waals surface area (Å²) >= 11 is 0. The first-order valence-corrected chi connectivity index (χ1v) is 10.2. The number of hydrogen-bond acceptors (Lipinski definition) is 4. The lowest BCUT2D eigenvalue weighted by molar-refractivity contribution is 0.312. The molecule has 0 atom stereocenters. The lowest BCUT2D eigenvalue weighted by Gasteiger charge is -2.29. The third-order valence-corrected chi connectivity index (χ3v) is 5.86.